The third kappa shape index (κ3) is 4.05. The highest BCUT2D eigenvalue weighted by Gasteiger charge is 2.43. The monoisotopic (exact) mass is 432 g/mol. The van der Waals surface area contributed by atoms with Crippen LogP contribution >= 0.6 is 0 Å². The smallest absolute Gasteiger partial charge is 0.274 e. The Morgan fingerprint density at radius 2 is 2.10 bits per heavy atom. The fourth-order valence-electron chi connectivity index (χ4n) is 3.75. The number of hydrogen-bond donors (Lipinski definition) is 2. The van der Waals surface area contributed by atoms with Crippen LogP contribution in [-0.4, -0.2) is 54.9 Å². The SMILES string of the molecule is C=C1C(OC)=C(C(=O)N(C)CC)N2CCC(N)C2=C1C(=O)NCc1ccc(F)cc1F. The zero-order valence-electron chi connectivity index (χ0n) is 17.8. The molecule has 31 heavy (non-hydrogen) atoms. The molecule has 0 radical (unpaired) electrons. The Bertz CT molecular complexity index is 1000. The number of halogens is 2. The number of methoxy groups -OCH3 is 1. The summed E-state index contributed by atoms with van der Waals surface area (Å²) in [4.78, 5) is 29.4. The quantitative estimate of drug-likeness (QED) is 0.716. The summed E-state index contributed by atoms with van der Waals surface area (Å²) in [7, 11) is 3.08. The zero-order chi connectivity index (χ0) is 22.9. The highest BCUT2D eigenvalue weighted by molar-refractivity contribution is 6.03. The number of nitrogens with two attached hydrogens (primary N) is 1. The first-order valence-corrected chi connectivity index (χ1v) is 9.94. The van der Waals surface area contributed by atoms with Crippen molar-refractivity contribution in [1.82, 2.24) is 15.1 Å². The van der Waals surface area contributed by atoms with Gasteiger partial charge >= 0.3 is 0 Å². The van der Waals surface area contributed by atoms with Crippen LogP contribution in [0.15, 0.2) is 53.1 Å². The predicted octanol–water partition coefficient (Wildman–Crippen LogP) is 1.77. The van der Waals surface area contributed by atoms with Crippen LogP contribution in [0.3, 0.4) is 0 Å². The minimum atomic E-state index is -0.757. The van der Waals surface area contributed by atoms with Crippen LogP contribution < -0.4 is 11.1 Å². The van der Waals surface area contributed by atoms with Gasteiger partial charge in [0.15, 0.2) is 11.5 Å². The van der Waals surface area contributed by atoms with Crippen LogP contribution in [0.5, 0.6) is 0 Å². The van der Waals surface area contributed by atoms with Crippen molar-refractivity contribution in [3.8, 4) is 0 Å². The van der Waals surface area contributed by atoms with Gasteiger partial charge in [-0.2, -0.15) is 0 Å². The first-order valence-electron chi connectivity index (χ1n) is 9.94. The molecular weight excluding hydrogens is 406 g/mol. The van der Waals surface area contributed by atoms with E-state index in [0.717, 1.165) is 12.1 Å². The van der Waals surface area contributed by atoms with Gasteiger partial charge in [-0.15, -0.1) is 0 Å². The number of nitrogens with zero attached hydrogens (tertiary/aromatic N) is 2. The van der Waals surface area contributed by atoms with E-state index in [4.69, 9.17) is 10.5 Å². The second-order valence-electron chi connectivity index (χ2n) is 7.41. The first-order chi connectivity index (χ1) is 14.7. The number of hydrogen-bond acceptors (Lipinski definition) is 5. The average Bonchev–Trinajstić information content (AvgIpc) is 3.11. The maximum Gasteiger partial charge on any atom is 0.274 e. The van der Waals surface area contributed by atoms with E-state index in [-0.39, 0.29) is 34.9 Å². The molecule has 2 heterocycles. The van der Waals surface area contributed by atoms with Crippen molar-refractivity contribution >= 4 is 11.8 Å². The molecule has 0 spiro atoms. The van der Waals surface area contributed by atoms with Gasteiger partial charge in [0.2, 0.25) is 0 Å². The molecule has 1 aromatic rings. The maximum atomic E-state index is 13.9. The minimum absolute atomic E-state index is 0.136. The number of ether oxygens (including phenoxy) is 1. The van der Waals surface area contributed by atoms with Gasteiger partial charge in [-0.3, -0.25) is 9.59 Å². The average molecular weight is 432 g/mol. The molecule has 2 aliphatic heterocycles. The third-order valence-corrected chi connectivity index (χ3v) is 5.53. The van der Waals surface area contributed by atoms with E-state index in [1.54, 1.807) is 11.9 Å². The van der Waals surface area contributed by atoms with Gasteiger partial charge < -0.3 is 25.6 Å². The number of amides is 2. The molecule has 166 valence electrons. The van der Waals surface area contributed by atoms with Crippen LogP contribution in [0.1, 0.15) is 18.9 Å². The van der Waals surface area contributed by atoms with Crippen molar-refractivity contribution in [2.24, 2.45) is 5.73 Å². The van der Waals surface area contributed by atoms with Crippen molar-refractivity contribution in [3.63, 3.8) is 0 Å². The molecule has 3 rings (SSSR count). The molecule has 1 aromatic carbocycles. The third-order valence-electron chi connectivity index (χ3n) is 5.53. The molecule has 0 aromatic heterocycles. The molecule has 1 fully saturated rings. The number of carbonyl (C=O) groups excluding carboxylic acids is 2. The van der Waals surface area contributed by atoms with Crippen molar-refractivity contribution in [1.29, 1.82) is 0 Å². The summed E-state index contributed by atoms with van der Waals surface area (Å²) in [6.07, 6.45) is 0.537. The van der Waals surface area contributed by atoms with Crippen molar-refractivity contribution in [2.75, 3.05) is 27.2 Å². The topological polar surface area (TPSA) is 87.9 Å². The Kier molecular flexibility index (Phi) is 6.45. The molecule has 0 saturated carbocycles. The van der Waals surface area contributed by atoms with Crippen LogP contribution in [0.2, 0.25) is 0 Å². The normalized spacial score (nSPS) is 18.3. The fraction of sp³-hybridized carbons (Fsp3) is 0.364. The Morgan fingerprint density at radius 3 is 2.71 bits per heavy atom. The standard InChI is InChI=1S/C22H26F2N4O3/c1-5-27(3)22(30)19-20(31-4)12(2)17(18-16(25)8-9-28(18)19)21(29)26-11-13-6-7-14(23)10-15(13)24/h6-7,10,16H,2,5,8-9,11,25H2,1,3-4H3,(H,26,29). The lowest BCUT2D eigenvalue weighted by Crippen LogP contribution is -2.42. The number of likely N-dealkylation sites (N-methyl/N-ethyl adjacent to an activating group) is 1. The van der Waals surface area contributed by atoms with E-state index in [1.165, 1.54) is 18.1 Å². The van der Waals surface area contributed by atoms with Gasteiger partial charge in [-0.05, 0) is 19.4 Å². The van der Waals surface area contributed by atoms with E-state index >= 15 is 0 Å². The summed E-state index contributed by atoms with van der Waals surface area (Å²) >= 11 is 0. The molecule has 1 unspecified atom stereocenters. The number of allylic oxidation sites excluding steroid dienone is 1. The summed E-state index contributed by atoms with van der Waals surface area (Å²) < 4.78 is 32.6. The molecule has 1 atom stereocenters. The molecule has 7 nitrogen and oxygen atoms in total. The number of carbonyl (C=O) groups is 2. The molecule has 1 saturated heterocycles. The second-order valence-corrected chi connectivity index (χ2v) is 7.41. The molecule has 0 aliphatic carbocycles. The summed E-state index contributed by atoms with van der Waals surface area (Å²) in [5.74, 6) is -2.06. The first kappa shape index (κ1) is 22.5. The summed E-state index contributed by atoms with van der Waals surface area (Å²) in [5, 5.41) is 2.64. The van der Waals surface area contributed by atoms with E-state index in [1.807, 2.05) is 6.92 Å². The lowest BCUT2D eigenvalue weighted by Gasteiger charge is -2.34. The summed E-state index contributed by atoms with van der Waals surface area (Å²) in [5.41, 5.74) is 7.61. The van der Waals surface area contributed by atoms with Gasteiger partial charge in [0.25, 0.3) is 11.8 Å². The Hall–Kier alpha value is -3.20. The molecule has 3 N–H and O–H groups in total. The number of rotatable bonds is 6. The minimum Gasteiger partial charge on any atom is -0.494 e. The van der Waals surface area contributed by atoms with Gasteiger partial charge in [0, 0.05) is 55.6 Å². The van der Waals surface area contributed by atoms with Gasteiger partial charge in [-0.25, -0.2) is 8.78 Å². The second kappa shape index (κ2) is 8.89. The van der Waals surface area contributed by atoms with Gasteiger partial charge in [0.1, 0.15) is 11.6 Å². The molecular formula is C22H26F2N4O3. The molecule has 2 amide bonds. The molecule has 9 heteroatoms. The lowest BCUT2D eigenvalue weighted by atomic mass is 9.94. The van der Waals surface area contributed by atoms with Crippen molar-refractivity contribution in [2.45, 2.75) is 25.9 Å². The van der Waals surface area contributed by atoms with Crippen molar-refractivity contribution < 1.29 is 23.1 Å². The largest absolute Gasteiger partial charge is 0.494 e. The number of nitrogens with one attached hydrogen (secondary N) is 1. The van der Waals surface area contributed by atoms with E-state index < -0.39 is 23.6 Å². The lowest BCUT2D eigenvalue weighted by molar-refractivity contribution is -0.127. The van der Waals surface area contributed by atoms with E-state index in [9.17, 15) is 18.4 Å². The summed E-state index contributed by atoms with van der Waals surface area (Å²) in [6, 6.07) is 2.66. The van der Waals surface area contributed by atoms with Crippen LogP contribution in [0, 0.1) is 11.6 Å². The Morgan fingerprint density at radius 1 is 1.39 bits per heavy atom. The van der Waals surface area contributed by atoms with Crippen molar-refractivity contribution in [3.05, 3.63) is 70.3 Å². The molecule has 0 bridgehead atoms. The fourth-order valence-corrected chi connectivity index (χ4v) is 3.75. The zero-order valence-corrected chi connectivity index (χ0v) is 17.8. The molecule has 2 aliphatic rings. The van der Waals surface area contributed by atoms with Crippen LogP contribution in [0.25, 0.3) is 0 Å². The highest BCUT2D eigenvalue weighted by atomic mass is 19.1. The van der Waals surface area contributed by atoms with Gasteiger partial charge in [-0.1, -0.05) is 12.6 Å². The Labute approximate surface area is 179 Å². The highest BCUT2D eigenvalue weighted by Crippen LogP contribution is 2.40. The van der Waals surface area contributed by atoms with Gasteiger partial charge in [0.05, 0.1) is 12.7 Å². The maximum absolute atomic E-state index is 13.9. The van der Waals surface area contributed by atoms with Crippen LogP contribution in [-0.2, 0) is 20.9 Å². The predicted molar refractivity (Wildman–Crippen MR) is 111 cm³/mol. The van der Waals surface area contributed by atoms with E-state index in [0.29, 0.717) is 30.9 Å². The van der Waals surface area contributed by atoms with Crippen LogP contribution in [0.4, 0.5) is 8.78 Å². The number of fused-ring (bicyclic) bond motifs is 1. The summed E-state index contributed by atoms with van der Waals surface area (Å²) in [6.45, 7) is 6.62. The number of benzene rings is 1. The Balaban J connectivity index is 1.96. The van der Waals surface area contributed by atoms with E-state index in [2.05, 4.69) is 11.9 Å².